The van der Waals surface area contributed by atoms with Crippen molar-refractivity contribution >= 4 is 28.1 Å². The Morgan fingerprint density at radius 3 is 2.59 bits per heavy atom. The van der Waals surface area contributed by atoms with Crippen molar-refractivity contribution in [1.29, 1.82) is 0 Å². The highest BCUT2D eigenvalue weighted by Crippen LogP contribution is 2.39. The van der Waals surface area contributed by atoms with Gasteiger partial charge in [0.25, 0.3) is 0 Å². The fourth-order valence-corrected chi connectivity index (χ4v) is 3.43. The van der Waals surface area contributed by atoms with E-state index in [4.69, 9.17) is 13.9 Å². The molecule has 0 saturated carbocycles. The number of hydrogen-bond acceptors (Lipinski definition) is 4. The molecule has 152 valence electrons. The molecule has 0 unspecified atom stereocenters. The molecular formula is C24H27NO4. The van der Waals surface area contributed by atoms with E-state index in [0.717, 1.165) is 44.7 Å². The van der Waals surface area contributed by atoms with Gasteiger partial charge in [-0.05, 0) is 64.0 Å². The molecule has 5 heteroatoms. The van der Waals surface area contributed by atoms with Crippen molar-refractivity contribution < 1.29 is 18.7 Å². The molecule has 0 spiro atoms. The highest BCUT2D eigenvalue weighted by atomic mass is 16.5. The van der Waals surface area contributed by atoms with Gasteiger partial charge in [0, 0.05) is 22.6 Å². The summed E-state index contributed by atoms with van der Waals surface area (Å²) in [5, 5.41) is 3.92. The summed E-state index contributed by atoms with van der Waals surface area (Å²) in [6, 6.07) is 9.36. The molecule has 1 aromatic heterocycles. The molecule has 1 heterocycles. The largest absolute Gasteiger partial charge is 0.495 e. The lowest BCUT2D eigenvalue weighted by atomic mass is 9.98. The first-order valence-electron chi connectivity index (χ1n) is 9.66. The second-order valence-electron chi connectivity index (χ2n) is 6.99. The number of nitrogens with one attached hydrogen (secondary N) is 1. The van der Waals surface area contributed by atoms with E-state index in [1.165, 1.54) is 0 Å². The van der Waals surface area contributed by atoms with Crippen LogP contribution in [-0.2, 0) is 4.79 Å². The third-order valence-electron chi connectivity index (χ3n) is 5.07. The van der Waals surface area contributed by atoms with E-state index in [9.17, 15) is 4.79 Å². The van der Waals surface area contributed by atoms with Crippen LogP contribution in [0.4, 0.5) is 5.69 Å². The highest BCUT2D eigenvalue weighted by Gasteiger charge is 2.19. The first kappa shape index (κ1) is 20.5. The Morgan fingerprint density at radius 2 is 1.90 bits per heavy atom. The molecule has 3 aromatic rings. The summed E-state index contributed by atoms with van der Waals surface area (Å²) in [7, 11) is 1.58. The smallest absolute Gasteiger partial charge is 0.248 e. The van der Waals surface area contributed by atoms with E-state index >= 15 is 0 Å². The van der Waals surface area contributed by atoms with Crippen molar-refractivity contribution in [3.05, 3.63) is 58.9 Å². The lowest BCUT2D eigenvalue weighted by Gasteiger charge is -2.15. The molecule has 0 aliphatic heterocycles. The molecule has 0 fully saturated rings. The third kappa shape index (κ3) is 3.99. The number of furan rings is 1. The second kappa shape index (κ2) is 8.43. The van der Waals surface area contributed by atoms with E-state index in [0.29, 0.717) is 18.0 Å². The summed E-state index contributed by atoms with van der Waals surface area (Å²) >= 11 is 0. The average Bonchev–Trinajstić information content (AvgIpc) is 2.98. The van der Waals surface area contributed by atoms with Gasteiger partial charge in [0.05, 0.1) is 19.4 Å². The Balaban J connectivity index is 2.02. The van der Waals surface area contributed by atoms with Crippen LogP contribution in [0.1, 0.15) is 36.3 Å². The number of amides is 1. The van der Waals surface area contributed by atoms with Gasteiger partial charge in [-0.15, -0.1) is 0 Å². The van der Waals surface area contributed by atoms with Crippen LogP contribution in [-0.4, -0.2) is 19.6 Å². The van der Waals surface area contributed by atoms with Gasteiger partial charge in [0.1, 0.15) is 22.8 Å². The summed E-state index contributed by atoms with van der Waals surface area (Å²) in [6.07, 6.45) is 1.58. The molecule has 2 aromatic carbocycles. The minimum Gasteiger partial charge on any atom is -0.495 e. The predicted octanol–water partition coefficient (Wildman–Crippen LogP) is 5.81. The number of methoxy groups -OCH3 is 1. The maximum Gasteiger partial charge on any atom is 0.248 e. The molecule has 0 saturated heterocycles. The topological polar surface area (TPSA) is 60.7 Å². The molecule has 1 N–H and O–H groups in total. The first-order valence-corrected chi connectivity index (χ1v) is 9.66. The average molecular weight is 393 g/mol. The standard InChI is InChI=1S/C24H27NO4/c1-7-28-23-16(4)24-19(15(3)17(5)29-24)13-18(23)14(2)12-22(26)25-20-10-8-9-11-21(20)27-6/h8-13H,7H2,1-6H3,(H,25,26)/b14-12+. The number of anilines is 1. The SMILES string of the molecule is CCOc1c(/C(C)=C/C(=O)Nc2ccccc2OC)cc2c(C)c(C)oc2c1C. The van der Waals surface area contributed by atoms with Crippen molar-refractivity contribution in [2.45, 2.75) is 34.6 Å². The van der Waals surface area contributed by atoms with Crippen LogP contribution in [0, 0.1) is 20.8 Å². The normalized spacial score (nSPS) is 11.6. The van der Waals surface area contributed by atoms with Crippen LogP contribution < -0.4 is 14.8 Å². The van der Waals surface area contributed by atoms with Crippen LogP contribution in [0.3, 0.4) is 0 Å². The van der Waals surface area contributed by atoms with Crippen LogP contribution in [0.5, 0.6) is 11.5 Å². The van der Waals surface area contributed by atoms with Crippen LogP contribution in [0.2, 0.25) is 0 Å². The number of allylic oxidation sites excluding steroid dienone is 1. The summed E-state index contributed by atoms with van der Waals surface area (Å²) < 4.78 is 17.2. The minimum absolute atomic E-state index is 0.229. The maximum atomic E-state index is 12.7. The predicted molar refractivity (Wildman–Crippen MR) is 117 cm³/mol. The molecule has 3 rings (SSSR count). The van der Waals surface area contributed by atoms with Crippen molar-refractivity contribution in [3.8, 4) is 11.5 Å². The highest BCUT2D eigenvalue weighted by molar-refractivity contribution is 6.05. The van der Waals surface area contributed by atoms with E-state index in [-0.39, 0.29) is 5.91 Å². The number of carbonyl (C=O) groups excluding carboxylic acids is 1. The molecule has 0 radical (unpaired) electrons. The lowest BCUT2D eigenvalue weighted by molar-refractivity contribution is -0.111. The molecule has 0 aliphatic rings. The molecule has 1 amide bonds. The third-order valence-corrected chi connectivity index (χ3v) is 5.07. The van der Waals surface area contributed by atoms with Crippen molar-refractivity contribution in [1.82, 2.24) is 0 Å². The van der Waals surface area contributed by atoms with E-state index < -0.39 is 0 Å². The number of rotatable bonds is 6. The van der Waals surface area contributed by atoms with Crippen molar-refractivity contribution in [3.63, 3.8) is 0 Å². The summed E-state index contributed by atoms with van der Waals surface area (Å²) in [5.74, 6) is 2.02. The van der Waals surface area contributed by atoms with Gasteiger partial charge < -0.3 is 19.2 Å². The van der Waals surface area contributed by atoms with Gasteiger partial charge in [-0.3, -0.25) is 4.79 Å². The summed E-state index contributed by atoms with van der Waals surface area (Å²) in [5.41, 5.74) is 5.19. The van der Waals surface area contributed by atoms with Gasteiger partial charge >= 0.3 is 0 Å². The van der Waals surface area contributed by atoms with Gasteiger partial charge in [0.2, 0.25) is 5.91 Å². The molecule has 29 heavy (non-hydrogen) atoms. The molecular weight excluding hydrogens is 366 g/mol. The zero-order valence-electron chi connectivity index (χ0n) is 17.8. The summed E-state index contributed by atoms with van der Waals surface area (Å²) in [6.45, 7) is 10.4. The van der Waals surface area contributed by atoms with Gasteiger partial charge in [-0.25, -0.2) is 0 Å². The van der Waals surface area contributed by atoms with E-state index in [1.54, 1.807) is 25.3 Å². The Labute approximate surface area is 171 Å². The zero-order chi connectivity index (χ0) is 21.1. The van der Waals surface area contributed by atoms with Crippen LogP contribution in [0.15, 0.2) is 40.8 Å². The molecule has 5 nitrogen and oxygen atoms in total. The molecule has 0 bridgehead atoms. The van der Waals surface area contributed by atoms with Crippen LogP contribution in [0.25, 0.3) is 16.5 Å². The van der Waals surface area contributed by atoms with Gasteiger partial charge in [-0.1, -0.05) is 12.1 Å². The fraction of sp³-hybridized carbons (Fsp3) is 0.292. The Hall–Kier alpha value is -3.21. The number of carbonyl (C=O) groups is 1. The number of benzene rings is 2. The van der Waals surface area contributed by atoms with E-state index in [2.05, 4.69) is 5.32 Å². The Morgan fingerprint density at radius 1 is 1.17 bits per heavy atom. The van der Waals surface area contributed by atoms with E-state index in [1.807, 2.05) is 52.8 Å². The number of fused-ring (bicyclic) bond motifs is 1. The van der Waals surface area contributed by atoms with Crippen molar-refractivity contribution in [2.24, 2.45) is 0 Å². The Kier molecular flexibility index (Phi) is 5.97. The quantitative estimate of drug-likeness (QED) is 0.537. The monoisotopic (exact) mass is 393 g/mol. The zero-order valence-corrected chi connectivity index (χ0v) is 17.8. The van der Waals surface area contributed by atoms with Crippen molar-refractivity contribution in [2.75, 3.05) is 19.0 Å². The molecule has 0 aliphatic carbocycles. The molecule has 0 atom stereocenters. The second-order valence-corrected chi connectivity index (χ2v) is 6.99. The lowest BCUT2D eigenvalue weighted by Crippen LogP contribution is -2.10. The fourth-order valence-electron chi connectivity index (χ4n) is 3.43. The minimum atomic E-state index is -0.229. The maximum absolute atomic E-state index is 12.7. The number of para-hydroxylation sites is 2. The van der Waals surface area contributed by atoms with Crippen LogP contribution >= 0.6 is 0 Å². The number of ether oxygens (including phenoxy) is 2. The first-order chi connectivity index (χ1) is 13.9. The number of aryl methyl sites for hydroxylation is 3. The van der Waals surface area contributed by atoms with Gasteiger partial charge in [0.15, 0.2) is 0 Å². The summed E-state index contributed by atoms with van der Waals surface area (Å²) in [4.78, 5) is 12.7. The Bertz CT molecular complexity index is 1090. The number of hydrogen-bond donors (Lipinski definition) is 1. The van der Waals surface area contributed by atoms with Gasteiger partial charge in [-0.2, -0.15) is 0 Å².